The van der Waals surface area contributed by atoms with E-state index < -0.39 is 0 Å². The minimum Gasteiger partial charge on any atom is -0.497 e. The van der Waals surface area contributed by atoms with E-state index >= 15 is 0 Å². The SMILES string of the molecule is Cc1cccc(C)c1-c1cc(-c2c(C)cccc2C)c2c(c1)c1ccc(Oc3[c-]c4c(cc3)c3cccnc3n3c5ccccc5nc43)[c-]c1c1nc3ccccc3n12.[Pd+2]. The summed E-state index contributed by atoms with van der Waals surface area (Å²) in [6, 6.07) is 54.1. The fraction of sp³-hybridized carbons (Fsp3) is 0.0755. The monoisotopic (exact) mass is 863 g/mol. The first-order valence-electron chi connectivity index (χ1n) is 20.0. The fourth-order valence-electron chi connectivity index (χ4n) is 9.53. The van der Waals surface area contributed by atoms with Crippen LogP contribution in [0.2, 0.25) is 0 Å². The molecule has 5 heterocycles. The Labute approximate surface area is 359 Å². The first kappa shape index (κ1) is 36.2. The van der Waals surface area contributed by atoms with Gasteiger partial charge in [0.2, 0.25) is 0 Å². The zero-order valence-corrected chi connectivity index (χ0v) is 34.8. The van der Waals surface area contributed by atoms with Crippen LogP contribution in [-0.2, 0) is 20.4 Å². The molecule has 7 aromatic carbocycles. The van der Waals surface area contributed by atoms with Gasteiger partial charge in [-0.05, 0) is 114 Å². The maximum Gasteiger partial charge on any atom is 2.00 e. The van der Waals surface area contributed by atoms with Crippen LogP contribution in [0.25, 0.3) is 99.1 Å². The number of hydrogen-bond donors (Lipinski definition) is 0. The number of ether oxygens (including phenoxy) is 1. The zero-order chi connectivity index (χ0) is 39.5. The van der Waals surface area contributed by atoms with E-state index in [0.29, 0.717) is 11.5 Å². The first-order valence-corrected chi connectivity index (χ1v) is 20.0. The molecule has 0 saturated heterocycles. The quantitative estimate of drug-likeness (QED) is 0.100. The van der Waals surface area contributed by atoms with E-state index in [1.54, 1.807) is 0 Å². The van der Waals surface area contributed by atoms with Crippen LogP contribution in [0.1, 0.15) is 22.3 Å². The molecule has 0 saturated carbocycles. The summed E-state index contributed by atoms with van der Waals surface area (Å²) in [5.74, 6) is 1.15. The van der Waals surface area contributed by atoms with Crippen LogP contribution in [-0.4, -0.2) is 23.8 Å². The molecule has 0 aliphatic heterocycles. The van der Waals surface area contributed by atoms with Crippen molar-refractivity contribution in [2.24, 2.45) is 0 Å². The Morgan fingerprint density at radius 1 is 0.483 bits per heavy atom. The van der Waals surface area contributed by atoms with Gasteiger partial charge in [0.15, 0.2) is 0 Å². The van der Waals surface area contributed by atoms with Gasteiger partial charge in [-0.1, -0.05) is 119 Å². The number of benzene rings is 7. The summed E-state index contributed by atoms with van der Waals surface area (Å²) in [5.41, 5.74) is 17.3. The molecule has 5 aromatic heterocycles. The molecule has 0 amide bonds. The number of aryl methyl sites for hydroxylation is 4. The van der Waals surface area contributed by atoms with Crippen LogP contribution in [0.5, 0.6) is 11.5 Å². The first-order chi connectivity index (χ1) is 28.9. The molecular weight excluding hydrogens is 829 g/mol. The predicted octanol–water partition coefficient (Wildman–Crippen LogP) is 13.3. The maximum absolute atomic E-state index is 6.71. The molecule has 7 heteroatoms. The molecule has 0 bridgehead atoms. The molecule has 0 unspecified atom stereocenters. The van der Waals surface area contributed by atoms with Crippen molar-refractivity contribution in [2.45, 2.75) is 27.7 Å². The third-order valence-corrected chi connectivity index (χ3v) is 12.1. The molecule has 0 aliphatic carbocycles. The van der Waals surface area contributed by atoms with E-state index in [9.17, 15) is 0 Å². The second kappa shape index (κ2) is 13.6. The van der Waals surface area contributed by atoms with Gasteiger partial charge in [0.25, 0.3) is 0 Å². The summed E-state index contributed by atoms with van der Waals surface area (Å²) in [5, 5.41) is 5.98. The molecule has 12 rings (SSSR count). The molecule has 0 atom stereocenters. The number of aromatic nitrogens is 5. The van der Waals surface area contributed by atoms with Crippen molar-refractivity contribution < 1.29 is 25.2 Å². The predicted molar refractivity (Wildman–Crippen MR) is 241 cm³/mol. The topological polar surface area (TPSA) is 56.7 Å². The molecular formula is C53H35N5OPd. The smallest absolute Gasteiger partial charge is 0.497 e. The molecule has 0 radical (unpaired) electrons. The minimum absolute atomic E-state index is 0. The normalized spacial score (nSPS) is 11.9. The molecule has 0 N–H and O–H groups in total. The third kappa shape index (κ3) is 5.26. The second-order valence-corrected chi connectivity index (χ2v) is 15.7. The van der Waals surface area contributed by atoms with Crippen LogP contribution >= 0.6 is 0 Å². The summed E-state index contributed by atoms with van der Waals surface area (Å²) in [6.07, 6.45) is 1.83. The van der Waals surface area contributed by atoms with Crippen molar-refractivity contribution in [3.8, 4) is 33.8 Å². The summed E-state index contributed by atoms with van der Waals surface area (Å²) in [7, 11) is 0. The molecule has 60 heavy (non-hydrogen) atoms. The van der Waals surface area contributed by atoms with Gasteiger partial charge < -0.3 is 13.5 Å². The Morgan fingerprint density at radius 2 is 1.03 bits per heavy atom. The molecule has 0 spiro atoms. The average molecular weight is 864 g/mol. The van der Waals surface area contributed by atoms with E-state index in [4.69, 9.17) is 19.7 Å². The average Bonchev–Trinajstić information content (AvgIpc) is 3.84. The van der Waals surface area contributed by atoms with Crippen molar-refractivity contribution in [1.29, 1.82) is 0 Å². The molecule has 6 nitrogen and oxygen atoms in total. The summed E-state index contributed by atoms with van der Waals surface area (Å²) >= 11 is 0. The van der Waals surface area contributed by atoms with E-state index in [0.717, 1.165) is 76.8 Å². The number of hydrogen-bond acceptors (Lipinski definition) is 4. The Hall–Kier alpha value is -6.91. The summed E-state index contributed by atoms with van der Waals surface area (Å²) in [4.78, 5) is 15.2. The largest absolute Gasteiger partial charge is 2.00 e. The van der Waals surface area contributed by atoms with Crippen LogP contribution in [0.4, 0.5) is 0 Å². The van der Waals surface area contributed by atoms with Gasteiger partial charge >= 0.3 is 20.4 Å². The molecule has 12 aromatic rings. The second-order valence-electron chi connectivity index (χ2n) is 15.7. The molecule has 0 fully saturated rings. The van der Waals surface area contributed by atoms with Crippen LogP contribution in [0, 0.1) is 39.8 Å². The van der Waals surface area contributed by atoms with Gasteiger partial charge in [-0.2, -0.15) is 0 Å². The van der Waals surface area contributed by atoms with Crippen molar-refractivity contribution in [1.82, 2.24) is 23.8 Å². The van der Waals surface area contributed by atoms with Crippen LogP contribution in [0.15, 0.2) is 140 Å². The summed E-state index contributed by atoms with van der Waals surface area (Å²) in [6.45, 7) is 8.84. The summed E-state index contributed by atoms with van der Waals surface area (Å²) < 4.78 is 11.2. The van der Waals surface area contributed by atoms with Gasteiger partial charge in [0.1, 0.15) is 5.65 Å². The third-order valence-electron chi connectivity index (χ3n) is 12.1. The van der Waals surface area contributed by atoms with E-state index in [1.165, 1.54) is 44.5 Å². The zero-order valence-electron chi connectivity index (χ0n) is 33.2. The number of imidazole rings is 2. The number of fused-ring (bicyclic) bond motifs is 16. The maximum atomic E-state index is 6.71. The van der Waals surface area contributed by atoms with Crippen molar-refractivity contribution in [2.75, 3.05) is 0 Å². The van der Waals surface area contributed by atoms with Gasteiger partial charge in [-0.15, -0.1) is 12.1 Å². The Kier molecular flexibility index (Phi) is 8.19. The van der Waals surface area contributed by atoms with Gasteiger partial charge in [-0.3, -0.25) is 9.97 Å². The van der Waals surface area contributed by atoms with E-state index in [1.807, 2.05) is 42.6 Å². The Morgan fingerprint density at radius 3 is 1.67 bits per heavy atom. The number of pyridine rings is 3. The van der Waals surface area contributed by atoms with E-state index in [2.05, 4.69) is 146 Å². The standard InChI is InChI=1S/C53H35N5O.Pd/c1-30-12-9-13-31(2)48(30)34-26-40-38-24-22-36(59-35-21-23-37-39-16-11-25-54-51(39)58-47-20-8-6-18-45(47)56-53(58)41(37)28-35)29-42(38)52-55-44-17-5-7-19-46(44)57(52)50(40)43(27-34)49-32(3)14-10-15-33(49)4;/h5-27H,1-4H3;/q-2;+2. The van der Waals surface area contributed by atoms with Crippen molar-refractivity contribution >= 4 is 76.8 Å². The van der Waals surface area contributed by atoms with Gasteiger partial charge in [0, 0.05) is 28.8 Å². The molecule has 0 aliphatic rings. The number of rotatable bonds is 4. The van der Waals surface area contributed by atoms with Crippen molar-refractivity contribution in [3.05, 3.63) is 174 Å². The number of nitrogens with zero attached hydrogens (tertiary/aromatic N) is 5. The Bertz CT molecular complexity index is 3730. The minimum atomic E-state index is 0. The van der Waals surface area contributed by atoms with E-state index in [-0.39, 0.29) is 20.4 Å². The van der Waals surface area contributed by atoms with Crippen molar-refractivity contribution in [3.63, 3.8) is 0 Å². The number of para-hydroxylation sites is 4. The fourth-order valence-corrected chi connectivity index (χ4v) is 9.53. The van der Waals surface area contributed by atoms with Gasteiger partial charge in [0.05, 0.1) is 33.4 Å². The van der Waals surface area contributed by atoms with Gasteiger partial charge in [-0.25, -0.2) is 4.98 Å². The Balaban J connectivity index is 0.00000408. The molecule has 288 valence electrons. The van der Waals surface area contributed by atoms with Crippen LogP contribution < -0.4 is 4.74 Å². The van der Waals surface area contributed by atoms with Crippen LogP contribution in [0.3, 0.4) is 0 Å².